The highest BCUT2D eigenvalue weighted by Crippen LogP contribution is 2.26. The molecule has 0 radical (unpaired) electrons. The predicted molar refractivity (Wildman–Crippen MR) is 99.5 cm³/mol. The number of piperidine rings is 1. The van der Waals surface area contributed by atoms with Crippen LogP contribution in [0.15, 0.2) is 41.1 Å². The number of aromatic nitrogens is 2. The summed E-state index contributed by atoms with van der Waals surface area (Å²) in [5, 5.41) is 10.1. The molecule has 138 valence electrons. The number of amides is 2. The number of hydrogen-bond donors (Lipinski definition) is 2. The van der Waals surface area contributed by atoms with E-state index in [-0.39, 0.29) is 23.9 Å². The van der Waals surface area contributed by atoms with Gasteiger partial charge in [0, 0.05) is 25.2 Å². The van der Waals surface area contributed by atoms with Crippen LogP contribution in [0.2, 0.25) is 0 Å². The Morgan fingerprint density at radius 1 is 1.46 bits per heavy atom. The summed E-state index contributed by atoms with van der Waals surface area (Å²) in [6.45, 7) is 1.70. The number of aryl methyl sites for hydroxylation is 1. The maximum atomic E-state index is 12.6. The van der Waals surface area contributed by atoms with Gasteiger partial charge in [-0.05, 0) is 41.4 Å². The second kappa shape index (κ2) is 7.90. The minimum absolute atomic E-state index is 0.0260. The molecule has 2 aromatic rings. The third-order valence-corrected chi connectivity index (χ3v) is 4.98. The van der Waals surface area contributed by atoms with E-state index in [0.717, 1.165) is 10.0 Å². The Morgan fingerprint density at radius 2 is 2.23 bits per heavy atom. The first-order valence-electron chi connectivity index (χ1n) is 8.43. The van der Waals surface area contributed by atoms with Crippen LogP contribution in [0, 0.1) is 0 Å². The third-order valence-electron chi connectivity index (χ3n) is 4.32. The highest BCUT2D eigenvalue weighted by atomic mass is 79.9. The Hall–Kier alpha value is -2.35. The summed E-state index contributed by atoms with van der Waals surface area (Å²) < 4.78 is 8.22. The number of rotatable bonds is 5. The molecule has 0 bridgehead atoms. The van der Waals surface area contributed by atoms with Crippen molar-refractivity contribution in [3.8, 4) is 5.75 Å². The zero-order valence-electron chi connectivity index (χ0n) is 14.6. The normalized spacial score (nSPS) is 21.0. The van der Waals surface area contributed by atoms with Crippen molar-refractivity contribution in [2.75, 3.05) is 0 Å². The van der Waals surface area contributed by atoms with Crippen LogP contribution in [0.3, 0.4) is 0 Å². The van der Waals surface area contributed by atoms with Gasteiger partial charge in [0.05, 0.1) is 22.8 Å². The van der Waals surface area contributed by atoms with Gasteiger partial charge in [0.25, 0.3) is 5.91 Å². The second-order valence-corrected chi connectivity index (χ2v) is 7.19. The van der Waals surface area contributed by atoms with Gasteiger partial charge in [0.1, 0.15) is 5.75 Å². The van der Waals surface area contributed by atoms with Crippen LogP contribution in [-0.4, -0.2) is 33.7 Å². The molecule has 3 atom stereocenters. The highest BCUT2D eigenvalue weighted by Gasteiger charge is 2.33. The molecule has 2 amide bonds. The Kier molecular flexibility index (Phi) is 5.61. The average molecular weight is 421 g/mol. The zero-order valence-corrected chi connectivity index (χ0v) is 16.2. The molecule has 1 aliphatic rings. The van der Waals surface area contributed by atoms with E-state index in [4.69, 9.17) is 4.74 Å². The number of hydrogen-bond acceptors (Lipinski definition) is 4. The number of para-hydroxylation sites is 1. The van der Waals surface area contributed by atoms with Gasteiger partial charge in [-0.2, -0.15) is 5.10 Å². The van der Waals surface area contributed by atoms with E-state index in [0.29, 0.717) is 18.6 Å². The lowest BCUT2D eigenvalue weighted by molar-refractivity contribution is -0.130. The molecule has 1 aliphatic heterocycles. The summed E-state index contributed by atoms with van der Waals surface area (Å²) in [4.78, 5) is 24.4. The third kappa shape index (κ3) is 4.24. The number of benzene rings is 1. The summed E-state index contributed by atoms with van der Waals surface area (Å²) in [5.41, 5.74) is 0.866. The summed E-state index contributed by atoms with van der Waals surface area (Å²) in [6, 6.07) is 6.87. The van der Waals surface area contributed by atoms with Crippen LogP contribution in [0.1, 0.15) is 31.4 Å². The van der Waals surface area contributed by atoms with Gasteiger partial charge in [-0.1, -0.05) is 12.1 Å². The summed E-state index contributed by atoms with van der Waals surface area (Å²) >= 11 is 3.41. The second-order valence-electron chi connectivity index (χ2n) is 6.34. The number of ether oxygens (including phenoxy) is 1. The van der Waals surface area contributed by atoms with E-state index in [1.807, 2.05) is 31.4 Å². The van der Waals surface area contributed by atoms with Gasteiger partial charge in [0.2, 0.25) is 5.91 Å². The molecule has 8 heteroatoms. The van der Waals surface area contributed by atoms with Gasteiger partial charge >= 0.3 is 0 Å². The van der Waals surface area contributed by atoms with Gasteiger partial charge in [-0.15, -0.1) is 0 Å². The summed E-state index contributed by atoms with van der Waals surface area (Å²) in [7, 11) is 1.81. The van der Waals surface area contributed by atoms with Crippen molar-refractivity contribution in [1.82, 2.24) is 20.4 Å². The molecular weight excluding hydrogens is 400 g/mol. The van der Waals surface area contributed by atoms with Gasteiger partial charge in [-0.25, -0.2) is 0 Å². The minimum Gasteiger partial charge on any atom is -0.480 e. The molecule has 3 rings (SSSR count). The highest BCUT2D eigenvalue weighted by molar-refractivity contribution is 9.10. The molecule has 1 saturated heterocycles. The van der Waals surface area contributed by atoms with Gasteiger partial charge < -0.3 is 15.4 Å². The number of halogens is 1. The van der Waals surface area contributed by atoms with Crippen molar-refractivity contribution in [3.05, 3.63) is 46.7 Å². The Balaban J connectivity index is 1.68. The lowest BCUT2D eigenvalue weighted by Gasteiger charge is -2.33. The van der Waals surface area contributed by atoms with E-state index < -0.39 is 6.10 Å². The fourth-order valence-corrected chi connectivity index (χ4v) is 3.33. The standard InChI is InChI=1S/C18H21BrN4O3/c1-11(26-15-6-4-3-5-13(15)19)18(25)21-14-7-8-16(24)22-17(14)12-9-20-23(2)10-12/h3-6,9-11,14,17H,7-8H2,1-2H3,(H,21,25)(H,22,24)/t11-,14+,17+/m1/s1. The summed E-state index contributed by atoms with van der Waals surface area (Å²) in [5.74, 6) is 0.355. The Bertz CT molecular complexity index is 807. The van der Waals surface area contributed by atoms with E-state index >= 15 is 0 Å². The number of nitrogens with zero attached hydrogens (tertiary/aromatic N) is 2. The monoisotopic (exact) mass is 420 g/mol. The molecule has 2 N–H and O–H groups in total. The smallest absolute Gasteiger partial charge is 0.261 e. The van der Waals surface area contributed by atoms with Gasteiger partial charge in [-0.3, -0.25) is 14.3 Å². The Morgan fingerprint density at radius 3 is 2.92 bits per heavy atom. The van der Waals surface area contributed by atoms with E-state index in [2.05, 4.69) is 31.7 Å². The molecule has 0 unspecified atom stereocenters. The van der Waals surface area contributed by atoms with Crippen molar-refractivity contribution in [2.45, 2.75) is 38.0 Å². The van der Waals surface area contributed by atoms with Crippen LogP contribution >= 0.6 is 15.9 Å². The quantitative estimate of drug-likeness (QED) is 0.775. The molecule has 0 spiro atoms. The molecule has 26 heavy (non-hydrogen) atoms. The van der Waals surface area contributed by atoms with E-state index in [1.54, 1.807) is 23.9 Å². The molecule has 0 aliphatic carbocycles. The first-order valence-corrected chi connectivity index (χ1v) is 9.23. The fourth-order valence-electron chi connectivity index (χ4n) is 2.96. The maximum Gasteiger partial charge on any atom is 0.261 e. The summed E-state index contributed by atoms with van der Waals surface area (Å²) in [6.07, 6.45) is 3.83. The van der Waals surface area contributed by atoms with Crippen LogP contribution in [0.5, 0.6) is 5.75 Å². The van der Waals surface area contributed by atoms with Gasteiger partial charge in [0.15, 0.2) is 6.10 Å². The number of carbonyl (C=O) groups excluding carboxylic acids is 2. The molecule has 1 aromatic carbocycles. The number of carbonyl (C=O) groups is 2. The maximum absolute atomic E-state index is 12.6. The zero-order chi connectivity index (χ0) is 18.7. The van der Waals surface area contributed by atoms with E-state index in [9.17, 15) is 9.59 Å². The Labute approximate surface area is 160 Å². The topological polar surface area (TPSA) is 85.2 Å². The van der Waals surface area contributed by atoms with Crippen LogP contribution in [-0.2, 0) is 16.6 Å². The number of nitrogens with one attached hydrogen (secondary N) is 2. The molecule has 1 fully saturated rings. The van der Waals surface area contributed by atoms with Crippen LogP contribution in [0.4, 0.5) is 0 Å². The molecule has 0 saturated carbocycles. The van der Waals surface area contributed by atoms with Crippen molar-refractivity contribution >= 4 is 27.7 Å². The average Bonchev–Trinajstić information content (AvgIpc) is 3.04. The first-order chi connectivity index (χ1) is 12.4. The fraction of sp³-hybridized carbons (Fsp3) is 0.389. The largest absolute Gasteiger partial charge is 0.480 e. The molecule has 2 heterocycles. The van der Waals surface area contributed by atoms with Crippen molar-refractivity contribution in [1.29, 1.82) is 0 Å². The lowest BCUT2D eigenvalue weighted by atomic mass is 9.93. The molecular formula is C18H21BrN4O3. The van der Waals surface area contributed by atoms with E-state index in [1.165, 1.54) is 0 Å². The van der Waals surface area contributed by atoms with Crippen molar-refractivity contribution in [3.63, 3.8) is 0 Å². The molecule has 1 aromatic heterocycles. The first kappa shape index (κ1) is 18.4. The minimum atomic E-state index is -0.666. The molecule has 7 nitrogen and oxygen atoms in total. The predicted octanol–water partition coefficient (Wildman–Crippen LogP) is 2.09. The van der Waals surface area contributed by atoms with Crippen LogP contribution < -0.4 is 15.4 Å². The van der Waals surface area contributed by atoms with Crippen LogP contribution in [0.25, 0.3) is 0 Å². The van der Waals surface area contributed by atoms with Crippen molar-refractivity contribution in [2.24, 2.45) is 7.05 Å². The SMILES string of the molecule is C[C@@H](Oc1ccccc1Br)C(=O)N[C@H]1CCC(=O)N[C@H]1c1cnn(C)c1. The lowest BCUT2D eigenvalue weighted by Crippen LogP contribution is -2.52. The van der Waals surface area contributed by atoms with Crippen molar-refractivity contribution < 1.29 is 14.3 Å².